The lowest BCUT2D eigenvalue weighted by molar-refractivity contribution is -0.183. The molecule has 1 heterocycles. The molecule has 37 heavy (non-hydrogen) atoms. The van der Waals surface area contributed by atoms with Crippen LogP contribution in [0.3, 0.4) is 0 Å². The zero-order valence-electron chi connectivity index (χ0n) is 24.4. The zero-order valence-corrected chi connectivity index (χ0v) is 24.4. The van der Waals surface area contributed by atoms with Gasteiger partial charge in [-0.05, 0) is 73.0 Å². The topological polar surface area (TPSA) is 61.8 Å². The van der Waals surface area contributed by atoms with Crippen molar-refractivity contribution in [1.82, 2.24) is 0 Å². The summed E-state index contributed by atoms with van der Waals surface area (Å²) in [5.74, 6) is -0.232. The number of carbonyl (C=O) groups excluding carboxylic acids is 2. The van der Waals surface area contributed by atoms with Gasteiger partial charge >= 0.3 is 11.9 Å². The van der Waals surface area contributed by atoms with Crippen LogP contribution in [-0.2, 0) is 40.0 Å². The first-order chi connectivity index (χ1) is 17.1. The van der Waals surface area contributed by atoms with Crippen LogP contribution >= 0.6 is 0 Å². The van der Waals surface area contributed by atoms with Crippen LogP contribution in [0.2, 0.25) is 0 Å². The first-order valence-electron chi connectivity index (χ1n) is 14.2. The summed E-state index contributed by atoms with van der Waals surface area (Å²) in [6.07, 6.45) is 3.55. The molecule has 0 N–H and O–H groups in total. The predicted octanol–water partition coefficient (Wildman–Crippen LogP) is 6.24. The van der Waals surface area contributed by atoms with Gasteiger partial charge in [-0.15, -0.1) is 0 Å². The second-order valence-corrected chi connectivity index (χ2v) is 14.5. The Kier molecular flexibility index (Phi) is 5.82. The Bertz CT molecular complexity index is 1130. The Hall–Kier alpha value is -1.88. The van der Waals surface area contributed by atoms with Crippen molar-refractivity contribution in [1.29, 1.82) is 0 Å². The molecule has 1 aromatic carbocycles. The third kappa shape index (κ3) is 3.44. The van der Waals surface area contributed by atoms with E-state index in [2.05, 4.69) is 52.8 Å². The van der Waals surface area contributed by atoms with Crippen molar-refractivity contribution >= 4 is 11.9 Å². The molecule has 0 spiro atoms. The van der Waals surface area contributed by atoms with Crippen molar-refractivity contribution in [3.63, 3.8) is 0 Å². The minimum absolute atomic E-state index is 0.133. The first-order valence-corrected chi connectivity index (χ1v) is 14.2. The van der Waals surface area contributed by atoms with Crippen LogP contribution in [0.15, 0.2) is 18.2 Å². The standard InChI is InChI=1S/C32H46O5/c1-10-35-18-23-24(19-36-26(34)32-16-15-30(8,25(33)37-32)29(32,6)7)31(23,9)20-11-12-21-22(17-20)28(4,5)14-13-27(21,2)3/h11-12,17,23-24H,10,13-16,18-19H2,1-9H3/t23-,24+,30?,31-,32?/m0/s1. The Morgan fingerprint density at radius 1 is 0.892 bits per heavy atom. The minimum atomic E-state index is -1.18. The van der Waals surface area contributed by atoms with Crippen molar-refractivity contribution in [3.8, 4) is 0 Å². The van der Waals surface area contributed by atoms with Gasteiger partial charge in [0.15, 0.2) is 0 Å². The van der Waals surface area contributed by atoms with Gasteiger partial charge in [0, 0.05) is 23.4 Å². The highest BCUT2D eigenvalue weighted by atomic mass is 16.6. The summed E-state index contributed by atoms with van der Waals surface area (Å²) in [6.45, 7) is 21.2. The van der Waals surface area contributed by atoms with E-state index in [0.29, 0.717) is 32.7 Å². The molecule has 1 saturated heterocycles. The van der Waals surface area contributed by atoms with E-state index in [4.69, 9.17) is 14.2 Å². The fraction of sp³-hybridized carbons (Fsp3) is 0.750. The van der Waals surface area contributed by atoms with E-state index in [-0.39, 0.29) is 40.0 Å². The van der Waals surface area contributed by atoms with Crippen molar-refractivity contribution in [3.05, 3.63) is 34.9 Å². The smallest absolute Gasteiger partial charge is 0.351 e. The molecular weight excluding hydrogens is 464 g/mol. The lowest BCUT2D eigenvalue weighted by Crippen LogP contribution is -2.49. The number of ether oxygens (including phenoxy) is 3. The van der Waals surface area contributed by atoms with Gasteiger partial charge in [0.2, 0.25) is 5.60 Å². The number of benzene rings is 1. The summed E-state index contributed by atoms with van der Waals surface area (Å²) in [6, 6.07) is 7.07. The Morgan fingerprint density at radius 2 is 1.51 bits per heavy atom. The average Bonchev–Trinajstić information content (AvgIpc) is 3.31. The number of carbonyl (C=O) groups is 2. The molecule has 5 atom stereocenters. The third-order valence-electron chi connectivity index (χ3n) is 11.7. The lowest BCUT2D eigenvalue weighted by Gasteiger charge is -2.42. The second kappa shape index (κ2) is 8.07. The van der Waals surface area contributed by atoms with Crippen LogP contribution in [0.5, 0.6) is 0 Å². The summed E-state index contributed by atoms with van der Waals surface area (Å²) < 4.78 is 17.7. The fourth-order valence-electron chi connectivity index (χ4n) is 7.86. The van der Waals surface area contributed by atoms with Gasteiger partial charge in [-0.25, -0.2) is 4.79 Å². The molecule has 2 saturated carbocycles. The SMILES string of the molecule is CCOC[C@H]1[C@@H](COC(=O)C23CCC(C)(C(=O)O2)C3(C)C)[C@@]1(C)c1ccc2c(c1)C(C)(C)CCC2(C)C. The summed E-state index contributed by atoms with van der Waals surface area (Å²) in [4.78, 5) is 26.2. The second-order valence-electron chi connectivity index (χ2n) is 14.5. The molecule has 0 aromatic heterocycles. The number of esters is 2. The summed E-state index contributed by atoms with van der Waals surface area (Å²) in [7, 11) is 0. The molecule has 2 unspecified atom stereocenters. The molecule has 5 heteroatoms. The minimum Gasteiger partial charge on any atom is -0.462 e. The monoisotopic (exact) mass is 510 g/mol. The van der Waals surface area contributed by atoms with Crippen molar-refractivity contribution in [2.24, 2.45) is 22.7 Å². The maximum Gasteiger partial charge on any atom is 0.351 e. The van der Waals surface area contributed by atoms with Crippen LogP contribution in [0, 0.1) is 22.7 Å². The zero-order chi connectivity index (χ0) is 27.2. The van der Waals surface area contributed by atoms with E-state index in [1.807, 2.05) is 27.7 Å². The molecule has 0 radical (unpaired) electrons. The van der Waals surface area contributed by atoms with Crippen molar-refractivity contribution in [2.75, 3.05) is 19.8 Å². The quantitative estimate of drug-likeness (QED) is 0.406. The number of hydrogen-bond donors (Lipinski definition) is 0. The van der Waals surface area contributed by atoms with E-state index in [1.54, 1.807) is 0 Å². The molecule has 4 aliphatic rings. The maximum atomic E-state index is 13.5. The molecule has 1 aliphatic heterocycles. The summed E-state index contributed by atoms with van der Waals surface area (Å²) in [5.41, 5.74) is 1.97. The van der Waals surface area contributed by atoms with Gasteiger partial charge in [-0.1, -0.05) is 66.7 Å². The summed E-state index contributed by atoms with van der Waals surface area (Å²) in [5, 5.41) is 0. The third-order valence-corrected chi connectivity index (χ3v) is 11.7. The van der Waals surface area contributed by atoms with Crippen molar-refractivity contribution in [2.45, 2.75) is 110 Å². The molecule has 3 fully saturated rings. The highest BCUT2D eigenvalue weighted by Gasteiger charge is 2.76. The van der Waals surface area contributed by atoms with E-state index in [0.717, 1.165) is 0 Å². The van der Waals surface area contributed by atoms with Crippen LogP contribution < -0.4 is 0 Å². The Balaban J connectivity index is 1.40. The largest absolute Gasteiger partial charge is 0.462 e. The van der Waals surface area contributed by atoms with Gasteiger partial charge in [0.1, 0.15) is 0 Å². The molecule has 5 nitrogen and oxygen atoms in total. The predicted molar refractivity (Wildman–Crippen MR) is 143 cm³/mol. The first kappa shape index (κ1) is 26.7. The lowest BCUT2D eigenvalue weighted by atomic mass is 9.62. The number of hydrogen-bond acceptors (Lipinski definition) is 5. The van der Waals surface area contributed by atoms with E-state index >= 15 is 0 Å². The molecule has 204 valence electrons. The molecule has 1 aromatic rings. The van der Waals surface area contributed by atoms with Crippen LogP contribution in [0.4, 0.5) is 0 Å². The Labute approximate surface area is 223 Å². The number of fused-ring (bicyclic) bond motifs is 3. The van der Waals surface area contributed by atoms with Gasteiger partial charge in [0.05, 0.1) is 18.6 Å². The molecular formula is C32H46O5. The molecule has 2 bridgehead atoms. The van der Waals surface area contributed by atoms with Crippen LogP contribution in [0.25, 0.3) is 0 Å². The molecule has 0 amide bonds. The van der Waals surface area contributed by atoms with E-state index in [9.17, 15) is 9.59 Å². The molecule has 3 aliphatic carbocycles. The van der Waals surface area contributed by atoms with Gasteiger partial charge in [0.25, 0.3) is 0 Å². The normalized spacial score (nSPS) is 38.1. The van der Waals surface area contributed by atoms with Crippen LogP contribution in [0.1, 0.15) is 105 Å². The fourth-order valence-corrected chi connectivity index (χ4v) is 7.86. The van der Waals surface area contributed by atoms with Gasteiger partial charge < -0.3 is 14.2 Å². The highest BCUT2D eigenvalue weighted by Crippen LogP contribution is 2.66. The van der Waals surface area contributed by atoms with E-state index in [1.165, 1.54) is 29.5 Å². The number of rotatable bonds is 7. The summed E-state index contributed by atoms with van der Waals surface area (Å²) >= 11 is 0. The highest BCUT2D eigenvalue weighted by molar-refractivity contribution is 5.93. The molecule has 5 rings (SSSR count). The van der Waals surface area contributed by atoms with E-state index < -0.39 is 16.4 Å². The van der Waals surface area contributed by atoms with Gasteiger partial charge in [-0.2, -0.15) is 0 Å². The van der Waals surface area contributed by atoms with Gasteiger partial charge in [-0.3, -0.25) is 4.79 Å². The van der Waals surface area contributed by atoms with Crippen molar-refractivity contribution < 1.29 is 23.8 Å². The maximum absolute atomic E-state index is 13.5. The Morgan fingerprint density at radius 3 is 2.08 bits per heavy atom. The average molecular weight is 511 g/mol. The van der Waals surface area contributed by atoms with Crippen LogP contribution in [-0.4, -0.2) is 37.4 Å².